The van der Waals surface area contributed by atoms with Gasteiger partial charge in [0.15, 0.2) is 5.76 Å². The van der Waals surface area contributed by atoms with Crippen molar-refractivity contribution in [2.45, 2.75) is 0 Å². The number of hydrogen-bond donors (Lipinski definition) is 2. The second-order valence-electron chi connectivity index (χ2n) is 5.75. The summed E-state index contributed by atoms with van der Waals surface area (Å²) < 4.78 is 20.0. The number of nitrogens with zero attached hydrogens (tertiary/aromatic N) is 1. The van der Waals surface area contributed by atoms with Gasteiger partial charge in [-0.05, 0) is 29.8 Å². The Kier molecular flexibility index (Phi) is 3.95. The summed E-state index contributed by atoms with van der Waals surface area (Å²) in [5.74, 6) is -0.682. The first-order valence-electron chi connectivity index (χ1n) is 7.86. The Bertz CT molecular complexity index is 1110. The van der Waals surface area contributed by atoms with Gasteiger partial charge in [0.25, 0.3) is 5.91 Å². The van der Waals surface area contributed by atoms with Crippen LogP contribution in [0.3, 0.4) is 0 Å². The van der Waals surface area contributed by atoms with Crippen molar-refractivity contribution in [2.75, 3.05) is 0 Å². The van der Waals surface area contributed by atoms with Gasteiger partial charge in [-0.3, -0.25) is 10.0 Å². The van der Waals surface area contributed by atoms with E-state index in [0.29, 0.717) is 27.8 Å². The standard InChI is InChI=1S/C20H13FN2O3/c21-17-11-13(6-8-15(17)12-4-2-1-3-5-12)19-16-10-14(20(24)22-25)7-9-18(16)23-26-19/h1-11,25H,(H,22,24). The van der Waals surface area contributed by atoms with E-state index in [0.717, 1.165) is 5.56 Å². The molecule has 26 heavy (non-hydrogen) atoms. The number of carbonyl (C=O) groups is 1. The molecule has 0 radical (unpaired) electrons. The largest absolute Gasteiger partial charge is 0.355 e. The maximum Gasteiger partial charge on any atom is 0.274 e. The van der Waals surface area contributed by atoms with Gasteiger partial charge in [0.1, 0.15) is 11.3 Å². The summed E-state index contributed by atoms with van der Waals surface area (Å²) in [5, 5.41) is 13.3. The zero-order valence-corrected chi connectivity index (χ0v) is 13.4. The summed E-state index contributed by atoms with van der Waals surface area (Å²) in [6, 6.07) is 18.7. The van der Waals surface area contributed by atoms with Crippen LogP contribution in [0.5, 0.6) is 0 Å². The van der Waals surface area contributed by atoms with E-state index in [9.17, 15) is 9.18 Å². The third-order valence-corrected chi connectivity index (χ3v) is 4.16. The zero-order valence-electron chi connectivity index (χ0n) is 13.4. The van der Waals surface area contributed by atoms with Crippen LogP contribution in [0.25, 0.3) is 33.4 Å². The lowest BCUT2D eigenvalue weighted by Crippen LogP contribution is -2.18. The average Bonchev–Trinajstić information content (AvgIpc) is 3.11. The maximum atomic E-state index is 14.6. The molecule has 5 nitrogen and oxygen atoms in total. The lowest BCUT2D eigenvalue weighted by molar-refractivity contribution is 0.0706. The van der Waals surface area contributed by atoms with Crippen LogP contribution in [-0.2, 0) is 0 Å². The van der Waals surface area contributed by atoms with Gasteiger partial charge in [-0.2, -0.15) is 0 Å². The lowest BCUT2D eigenvalue weighted by Gasteiger charge is -2.05. The van der Waals surface area contributed by atoms with Crippen LogP contribution >= 0.6 is 0 Å². The Hall–Kier alpha value is -3.51. The molecule has 4 aromatic rings. The van der Waals surface area contributed by atoms with Crippen LogP contribution in [0, 0.1) is 5.82 Å². The Balaban J connectivity index is 1.80. The van der Waals surface area contributed by atoms with Gasteiger partial charge in [-0.25, -0.2) is 9.87 Å². The molecule has 0 aliphatic heterocycles. The minimum Gasteiger partial charge on any atom is -0.355 e. The van der Waals surface area contributed by atoms with E-state index in [1.165, 1.54) is 18.2 Å². The fourth-order valence-corrected chi connectivity index (χ4v) is 2.86. The molecule has 0 aliphatic carbocycles. The topological polar surface area (TPSA) is 75.4 Å². The van der Waals surface area contributed by atoms with Gasteiger partial charge in [0, 0.05) is 16.7 Å². The molecule has 0 saturated carbocycles. The van der Waals surface area contributed by atoms with Gasteiger partial charge < -0.3 is 4.52 Å². The van der Waals surface area contributed by atoms with E-state index in [-0.39, 0.29) is 11.4 Å². The van der Waals surface area contributed by atoms with Gasteiger partial charge in [-0.15, -0.1) is 0 Å². The van der Waals surface area contributed by atoms with Crippen molar-refractivity contribution >= 4 is 16.8 Å². The van der Waals surface area contributed by atoms with Gasteiger partial charge in [-0.1, -0.05) is 47.6 Å². The molecule has 1 aromatic heterocycles. The normalized spacial score (nSPS) is 10.8. The zero-order chi connectivity index (χ0) is 18.1. The van der Waals surface area contributed by atoms with Gasteiger partial charge in [0.2, 0.25) is 0 Å². The first kappa shape index (κ1) is 16.0. The Morgan fingerprint density at radius 2 is 1.81 bits per heavy atom. The molecule has 1 amide bonds. The molecule has 2 N–H and O–H groups in total. The number of aromatic nitrogens is 1. The third-order valence-electron chi connectivity index (χ3n) is 4.16. The highest BCUT2D eigenvalue weighted by atomic mass is 19.1. The quantitative estimate of drug-likeness (QED) is 0.424. The van der Waals surface area contributed by atoms with Crippen LogP contribution in [-0.4, -0.2) is 16.3 Å². The molecule has 0 aliphatic rings. The van der Waals surface area contributed by atoms with Crippen LogP contribution in [0.2, 0.25) is 0 Å². The summed E-state index contributed by atoms with van der Waals surface area (Å²) in [6.07, 6.45) is 0. The number of rotatable bonds is 3. The SMILES string of the molecule is O=C(NO)c1ccc2noc(-c3ccc(-c4ccccc4)c(F)c3)c2c1. The van der Waals surface area contributed by atoms with Crippen LogP contribution < -0.4 is 5.48 Å². The highest BCUT2D eigenvalue weighted by molar-refractivity contribution is 6.00. The molecular formula is C20H13FN2O3. The summed E-state index contributed by atoms with van der Waals surface area (Å²) in [4.78, 5) is 11.6. The molecular weight excluding hydrogens is 335 g/mol. The van der Waals surface area contributed by atoms with Crippen LogP contribution in [0.1, 0.15) is 10.4 Å². The molecule has 4 rings (SSSR count). The molecule has 0 bridgehead atoms. The smallest absolute Gasteiger partial charge is 0.274 e. The monoisotopic (exact) mass is 348 g/mol. The van der Waals surface area contributed by atoms with Crippen LogP contribution in [0.15, 0.2) is 71.3 Å². The number of benzene rings is 3. The highest BCUT2D eigenvalue weighted by Crippen LogP contribution is 2.32. The van der Waals surface area contributed by atoms with Crippen molar-refractivity contribution in [3.05, 3.63) is 78.1 Å². The van der Waals surface area contributed by atoms with E-state index in [1.807, 2.05) is 30.3 Å². The fraction of sp³-hybridized carbons (Fsp3) is 0. The van der Waals surface area contributed by atoms with Gasteiger partial charge in [0.05, 0.1) is 5.39 Å². The first-order chi connectivity index (χ1) is 12.7. The van der Waals surface area contributed by atoms with E-state index in [4.69, 9.17) is 9.73 Å². The first-order valence-corrected chi connectivity index (χ1v) is 7.86. The molecule has 0 spiro atoms. The van der Waals surface area contributed by atoms with E-state index in [1.54, 1.807) is 23.7 Å². The van der Waals surface area contributed by atoms with E-state index >= 15 is 0 Å². The number of halogens is 1. The Morgan fingerprint density at radius 1 is 1.00 bits per heavy atom. The molecule has 1 heterocycles. The van der Waals surface area contributed by atoms with Crippen molar-refractivity contribution in [2.24, 2.45) is 0 Å². The number of hydroxylamine groups is 1. The van der Waals surface area contributed by atoms with Crippen LogP contribution in [0.4, 0.5) is 4.39 Å². The molecule has 128 valence electrons. The van der Waals surface area contributed by atoms with E-state index < -0.39 is 5.91 Å². The van der Waals surface area contributed by atoms with E-state index in [2.05, 4.69) is 5.16 Å². The minimum absolute atomic E-state index is 0.242. The highest BCUT2D eigenvalue weighted by Gasteiger charge is 2.15. The number of hydrogen-bond acceptors (Lipinski definition) is 4. The van der Waals surface area contributed by atoms with Crippen molar-refractivity contribution in [1.29, 1.82) is 0 Å². The number of carbonyl (C=O) groups excluding carboxylic acids is 1. The second-order valence-corrected chi connectivity index (χ2v) is 5.75. The fourth-order valence-electron chi connectivity index (χ4n) is 2.86. The van der Waals surface area contributed by atoms with Crippen molar-refractivity contribution in [1.82, 2.24) is 10.6 Å². The lowest BCUT2D eigenvalue weighted by atomic mass is 10.0. The summed E-state index contributed by atoms with van der Waals surface area (Å²) in [6.45, 7) is 0. The second kappa shape index (κ2) is 6.42. The number of fused-ring (bicyclic) bond motifs is 1. The summed E-state index contributed by atoms with van der Waals surface area (Å²) in [5.41, 5.74) is 4.12. The number of amides is 1. The van der Waals surface area contributed by atoms with Crippen molar-refractivity contribution in [3.8, 4) is 22.5 Å². The Labute approximate surface area is 147 Å². The molecule has 3 aromatic carbocycles. The molecule has 0 fully saturated rings. The van der Waals surface area contributed by atoms with Gasteiger partial charge >= 0.3 is 0 Å². The minimum atomic E-state index is -0.648. The number of nitrogens with one attached hydrogen (secondary N) is 1. The molecule has 0 saturated heterocycles. The molecule has 0 atom stereocenters. The predicted molar refractivity (Wildman–Crippen MR) is 94.1 cm³/mol. The maximum absolute atomic E-state index is 14.6. The summed E-state index contributed by atoms with van der Waals surface area (Å²) in [7, 11) is 0. The predicted octanol–water partition coefficient (Wildman–Crippen LogP) is 4.42. The molecule has 0 unspecified atom stereocenters. The van der Waals surface area contributed by atoms with Crippen molar-refractivity contribution < 1.29 is 18.9 Å². The summed E-state index contributed by atoms with van der Waals surface area (Å²) >= 11 is 0. The average molecular weight is 348 g/mol. The molecule has 6 heteroatoms. The van der Waals surface area contributed by atoms with Crippen molar-refractivity contribution in [3.63, 3.8) is 0 Å². The Morgan fingerprint density at radius 3 is 2.54 bits per heavy atom. The third kappa shape index (κ3) is 2.72.